The fourth-order valence-corrected chi connectivity index (χ4v) is 3.82. The Hall–Kier alpha value is -3.72. The van der Waals surface area contributed by atoms with Gasteiger partial charge in [-0.05, 0) is 37.7 Å². The summed E-state index contributed by atoms with van der Waals surface area (Å²) in [5.41, 5.74) is 1.30. The number of hydrogen-bond donors (Lipinski definition) is 1. The van der Waals surface area contributed by atoms with Crippen LogP contribution in [0, 0.1) is 0 Å². The Balaban J connectivity index is 1.63. The number of carbonyl (C=O) groups excluding carboxylic acids is 1. The quantitative estimate of drug-likeness (QED) is 0.458. The van der Waals surface area contributed by atoms with Gasteiger partial charge in [-0.25, -0.2) is 0 Å². The number of ether oxygens (including phenoxy) is 1. The van der Waals surface area contributed by atoms with Crippen LogP contribution in [0.5, 0.6) is 5.75 Å². The predicted octanol–water partition coefficient (Wildman–Crippen LogP) is 2.53. The van der Waals surface area contributed by atoms with Crippen molar-refractivity contribution in [1.29, 1.82) is 0 Å². The first-order valence-corrected chi connectivity index (χ1v) is 10.6. The molecule has 0 radical (unpaired) electrons. The Bertz CT molecular complexity index is 1330. The highest BCUT2D eigenvalue weighted by Gasteiger charge is 2.19. The fraction of sp³-hybridized carbons (Fsp3) is 0.304. The molecule has 0 aliphatic rings. The van der Waals surface area contributed by atoms with Gasteiger partial charge >= 0.3 is 0 Å². The average molecular weight is 435 g/mol. The van der Waals surface area contributed by atoms with Crippen LogP contribution in [-0.4, -0.2) is 50.2 Å². The molecule has 2 heterocycles. The van der Waals surface area contributed by atoms with E-state index in [4.69, 9.17) is 4.74 Å². The number of para-hydroxylation sites is 3. The van der Waals surface area contributed by atoms with Gasteiger partial charge < -0.3 is 10.1 Å². The number of amides is 1. The summed E-state index contributed by atoms with van der Waals surface area (Å²) in [6, 6.07) is 14.7. The molecule has 2 aromatic heterocycles. The van der Waals surface area contributed by atoms with Crippen molar-refractivity contribution in [3.63, 3.8) is 0 Å². The maximum atomic E-state index is 12.8. The first-order chi connectivity index (χ1) is 15.6. The lowest BCUT2D eigenvalue weighted by Crippen LogP contribution is -2.33. The monoisotopic (exact) mass is 434 g/mol. The van der Waals surface area contributed by atoms with Gasteiger partial charge in [0.15, 0.2) is 5.82 Å². The number of methoxy groups -OCH3 is 1. The molecule has 4 rings (SSSR count). The number of nitrogens with zero attached hydrogens (tertiary/aromatic N) is 5. The van der Waals surface area contributed by atoms with E-state index in [1.165, 1.54) is 0 Å². The number of benzene rings is 2. The van der Waals surface area contributed by atoms with Gasteiger partial charge in [-0.1, -0.05) is 31.2 Å². The lowest BCUT2D eigenvalue weighted by atomic mass is 10.2. The number of fused-ring (bicyclic) bond motifs is 3. The van der Waals surface area contributed by atoms with Gasteiger partial charge in [-0.15, -0.1) is 10.2 Å². The Labute approximate surface area is 185 Å². The highest BCUT2D eigenvalue weighted by atomic mass is 16.5. The van der Waals surface area contributed by atoms with Gasteiger partial charge in [-0.2, -0.15) is 0 Å². The van der Waals surface area contributed by atoms with E-state index in [0.29, 0.717) is 48.1 Å². The van der Waals surface area contributed by atoms with Crippen LogP contribution in [0.4, 0.5) is 5.69 Å². The Morgan fingerprint density at radius 2 is 1.84 bits per heavy atom. The molecule has 9 nitrogen and oxygen atoms in total. The number of nitrogens with one attached hydrogen (secondary N) is 1. The van der Waals surface area contributed by atoms with Crippen LogP contribution in [0.15, 0.2) is 53.3 Å². The summed E-state index contributed by atoms with van der Waals surface area (Å²) >= 11 is 0. The summed E-state index contributed by atoms with van der Waals surface area (Å²) in [6.45, 7) is 5.60. The van der Waals surface area contributed by atoms with Crippen molar-refractivity contribution in [3.05, 3.63) is 64.7 Å². The minimum absolute atomic E-state index is 0.0851. The van der Waals surface area contributed by atoms with E-state index in [2.05, 4.69) is 15.5 Å². The molecule has 2 aromatic carbocycles. The minimum atomic E-state index is -0.152. The van der Waals surface area contributed by atoms with Gasteiger partial charge in [0, 0.05) is 6.54 Å². The van der Waals surface area contributed by atoms with Crippen LogP contribution in [0.25, 0.3) is 16.7 Å². The van der Waals surface area contributed by atoms with E-state index in [1.807, 2.05) is 59.5 Å². The molecule has 0 aliphatic carbocycles. The van der Waals surface area contributed by atoms with E-state index in [0.717, 1.165) is 5.52 Å². The molecule has 0 saturated heterocycles. The van der Waals surface area contributed by atoms with Crippen LogP contribution in [0.1, 0.15) is 19.7 Å². The summed E-state index contributed by atoms with van der Waals surface area (Å²) in [4.78, 5) is 27.5. The third-order valence-electron chi connectivity index (χ3n) is 5.45. The van der Waals surface area contributed by atoms with E-state index in [-0.39, 0.29) is 18.0 Å². The molecule has 4 aromatic rings. The van der Waals surface area contributed by atoms with Crippen molar-refractivity contribution in [2.75, 3.05) is 25.5 Å². The zero-order valence-corrected chi connectivity index (χ0v) is 18.4. The number of anilines is 1. The lowest BCUT2D eigenvalue weighted by Gasteiger charge is -2.20. The Morgan fingerprint density at radius 1 is 1.09 bits per heavy atom. The minimum Gasteiger partial charge on any atom is -0.495 e. The molecule has 32 heavy (non-hydrogen) atoms. The molecule has 1 amide bonds. The third kappa shape index (κ3) is 3.94. The molecule has 0 unspecified atom stereocenters. The summed E-state index contributed by atoms with van der Waals surface area (Å²) in [5.74, 6) is 1.63. The maximum Gasteiger partial charge on any atom is 0.262 e. The van der Waals surface area contributed by atoms with Crippen LogP contribution in [0.2, 0.25) is 0 Å². The van der Waals surface area contributed by atoms with Crippen molar-refractivity contribution in [3.8, 4) is 5.75 Å². The molecule has 0 fully saturated rings. The van der Waals surface area contributed by atoms with Crippen LogP contribution < -0.4 is 15.6 Å². The number of hydrogen-bond acceptors (Lipinski definition) is 6. The summed E-state index contributed by atoms with van der Waals surface area (Å²) in [6.07, 6.45) is 0. The zero-order chi connectivity index (χ0) is 22.7. The highest BCUT2D eigenvalue weighted by molar-refractivity contribution is 5.93. The second-order valence-corrected chi connectivity index (χ2v) is 7.37. The molecule has 0 spiro atoms. The summed E-state index contributed by atoms with van der Waals surface area (Å²) in [5, 5.41) is 12.2. The molecule has 1 N–H and O–H groups in total. The lowest BCUT2D eigenvalue weighted by molar-refractivity contribution is -0.117. The first kappa shape index (κ1) is 21.5. The van der Waals surface area contributed by atoms with Crippen LogP contribution >= 0.6 is 0 Å². The molecule has 0 bridgehead atoms. The fourth-order valence-electron chi connectivity index (χ4n) is 3.82. The Kier molecular flexibility index (Phi) is 6.18. The maximum absolute atomic E-state index is 12.8. The number of rotatable bonds is 8. The topological polar surface area (TPSA) is 93.8 Å². The van der Waals surface area contributed by atoms with Gasteiger partial charge in [0.1, 0.15) is 5.75 Å². The Morgan fingerprint density at radius 3 is 2.59 bits per heavy atom. The molecular formula is C23H26N6O3. The standard InChI is InChI=1S/C23H26N6O3/c1-4-27(15-21(30)24-17-11-7-9-13-19(17)32-3)14-20-25-26-23-28(5-2)22(31)16-10-6-8-12-18(16)29(20)23/h6-13H,4-5,14-15H2,1-3H3,(H,24,30). The van der Waals surface area contributed by atoms with Crippen molar-refractivity contribution in [2.24, 2.45) is 0 Å². The molecule has 9 heteroatoms. The molecule has 166 valence electrons. The van der Waals surface area contributed by atoms with E-state index >= 15 is 0 Å². The van der Waals surface area contributed by atoms with Crippen LogP contribution in [-0.2, 0) is 17.9 Å². The summed E-state index contributed by atoms with van der Waals surface area (Å²) in [7, 11) is 1.57. The van der Waals surface area contributed by atoms with Gasteiger partial charge in [0.25, 0.3) is 5.56 Å². The normalized spacial score (nSPS) is 11.4. The number of aryl methyl sites for hydroxylation is 1. The second-order valence-electron chi connectivity index (χ2n) is 7.37. The zero-order valence-electron chi connectivity index (χ0n) is 18.4. The van der Waals surface area contributed by atoms with Crippen molar-refractivity contribution < 1.29 is 9.53 Å². The SMILES string of the molecule is CCN(CC(=O)Nc1ccccc1OC)Cc1nnc2n(CC)c(=O)c3ccccc3n12. The van der Waals surface area contributed by atoms with Gasteiger partial charge in [-0.3, -0.25) is 23.5 Å². The van der Waals surface area contributed by atoms with Crippen molar-refractivity contribution in [1.82, 2.24) is 24.1 Å². The summed E-state index contributed by atoms with van der Waals surface area (Å²) < 4.78 is 8.82. The smallest absolute Gasteiger partial charge is 0.262 e. The first-order valence-electron chi connectivity index (χ1n) is 10.6. The average Bonchev–Trinajstić information content (AvgIpc) is 3.22. The molecule has 0 saturated carbocycles. The molecular weight excluding hydrogens is 408 g/mol. The third-order valence-corrected chi connectivity index (χ3v) is 5.45. The van der Waals surface area contributed by atoms with E-state index < -0.39 is 0 Å². The number of aromatic nitrogens is 4. The molecule has 0 atom stereocenters. The molecule has 0 aliphatic heterocycles. The predicted molar refractivity (Wildman–Crippen MR) is 123 cm³/mol. The van der Waals surface area contributed by atoms with Crippen molar-refractivity contribution in [2.45, 2.75) is 26.9 Å². The van der Waals surface area contributed by atoms with E-state index in [1.54, 1.807) is 23.8 Å². The largest absolute Gasteiger partial charge is 0.495 e. The van der Waals surface area contributed by atoms with E-state index in [9.17, 15) is 9.59 Å². The highest BCUT2D eigenvalue weighted by Crippen LogP contribution is 2.23. The van der Waals surface area contributed by atoms with Crippen molar-refractivity contribution >= 4 is 28.3 Å². The number of carbonyl (C=O) groups is 1. The van der Waals surface area contributed by atoms with Crippen LogP contribution in [0.3, 0.4) is 0 Å². The second kappa shape index (κ2) is 9.19. The van der Waals surface area contributed by atoms with Gasteiger partial charge in [0.05, 0.1) is 36.8 Å². The number of likely N-dealkylation sites (N-methyl/N-ethyl adjacent to an activating group) is 1. The van der Waals surface area contributed by atoms with Gasteiger partial charge in [0.2, 0.25) is 11.7 Å².